The Morgan fingerprint density at radius 3 is 2.35 bits per heavy atom. The first-order chi connectivity index (χ1) is 7.88. The summed E-state index contributed by atoms with van der Waals surface area (Å²) >= 11 is 12.0. The SMILES string of the molecule is CC(C)(C)c1cc(-c2ccc(Cl)cc2Cl)n[nH]1. The van der Waals surface area contributed by atoms with E-state index in [9.17, 15) is 0 Å². The molecule has 2 nitrogen and oxygen atoms in total. The monoisotopic (exact) mass is 268 g/mol. The van der Waals surface area contributed by atoms with Crippen LogP contribution in [0.3, 0.4) is 0 Å². The molecule has 0 unspecified atom stereocenters. The summed E-state index contributed by atoms with van der Waals surface area (Å²) in [7, 11) is 0. The van der Waals surface area contributed by atoms with Gasteiger partial charge < -0.3 is 0 Å². The van der Waals surface area contributed by atoms with Crippen LogP contribution in [-0.2, 0) is 5.41 Å². The van der Waals surface area contributed by atoms with Crippen LogP contribution in [0, 0.1) is 0 Å². The Bertz CT molecular complexity index is 539. The normalized spacial score (nSPS) is 11.8. The van der Waals surface area contributed by atoms with E-state index in [4.69, 9.17) is 23.2 Å². The molecule has 4 heteroatoms. The van der Waals surface area contributed by atoms with Gasteiger partial charge in [0.15, 0.2) is 0 Å². The second-order valence-corrected chi connectivity index (χ2v) is 5.88. The number of rotatable bonds is 1. The number of nitrogens with zero attached hydrogens (tertiary/aromatic N) is 1. The first kappa shape index (κ1) is 12.5. The minimum Gasteiger partial charge on any atom is -0.281 e. The quantitative estimate of drug-likeness (QED) is 0.799. The second kappa shape index (κ2) is 4.35. The van der Waals surface area contributed by atoms with Crippen LogP contribution in [-0.4, -0.2) is 10.2 Å². The molecule has 1 aromatic heterocycles. The average molecular weight is 269 g/mol. The predicted octanol–water partition coefficient (Wildman–Crippen LogP) is 4.68. The lowest BCUT2D eigenvalue weighted by Crippen LogP contribution is -2.11. The van der Waals surface area contributed by atoms with Gasteiger partial charge in [-0.15, -0.1) is 0 Å². The fourth-order valence-corrected chi connectivity index (χ4v) is 2.05. The Morgan fingerprint density at radius 1 is 1.12 bits per heavy atom. The number of hydrogen-bond donors (Lipinski definition) is 1. The maximum absolute atomic E-state index is 6.15. The van der Waals surface area contributed by atoms with Crippen molar-refractivity contribution in [2.75, 3.05) is 0 Å². The van der Waals surface area contributed by atoms with Crippen LogP contribution >= 0.6 is 23.2 Å². The molecular weight excluding hydrogens is 255 g/mol. The molecule has 2 aromatic rings. The number of aromatic nitrogens is 2. The van der Waals surface area contributed by atoms with E-state index in [-0.39, 0.29) is 5.41 Å². The Morgan fingerprint density at radius 2 is 1.82 bits per heavy atom. The van der Waals surface area contributed by atoms with Gasteiger partial charge in [-0.25, -0.2) is 0 Å². The van der Waals surface area contributed by atoms with Crippen molar-refractivity contribution in [3.05, 3.63) is 40.0 Å². The van der Waals surface area contributed by atoms with E-state index in [1.54, 1.807) is 6.07 Å². The molecule has 1 N–H and O–H groups in total. The maximum atomic E-state index is 6.15. The van der Waals surface area contributed by atoms with E-state index in [1.807, 2.05) is 18.2 Å². The van der Waals surface area contributed by atoms with E-state index in [0.29, 0.717) is 10.0 Å². The molecule has 0 saturated carbocycles. The fraction of sp³-hybridized carbons (Fsp3) is 0.308. The van der Waals surface area contributed by atoms with Crippen LogP contribution in [0.15, 0.2) is 24.3 Å². The third-order valence-electron chi connectivity index (χ3n) is 2.59. The first-order valence-corrected chi connectivity index (χ1v) is 6.15. The van der Waals surface area contributed by atoms with Crippen molar-refractivity contribution in [3.8, 4) is 11.3 Å². The van der Waals surface area contributed by atoms with Crippen LogP contribution in [0.2, 0.25) is 10.0 Å². The molecule has 0 amide bonds. The van der Waals surface area contributed by atoms with E-state index in [0.717, 1.165) is 17.0 Å². The summed E-state index contributed by atoms with van der Waals surface area (Å²) in [4.78, 5) is 0. The van der Waals surface area contributed by atoms with Crippen LogP contribution in [0.1, 0.15) is 26.5 Å². The van der Waals surface area contributed by atoms with Gasteiger partial charge >= 0.3 is 0 Å². The second-order valence-electron chi connectivity index (χ2n) is 5.04. The van der Waals surface area contributed by atoms with Gasteiger partial charge in [-0.1, -0.05) is 44.0 Å². The van der Waals surface area contributed by atoms with Crippen molar-refractivity contribution < 1.29 is 0 Å². The number of benzene rings is 1. The van der Waals surface area contributed by atoms with Crippen molar-refractivity contribution in [2.45, 2.75) is 26.2 Å². The highest BCUT2D eigenvalue weighted by Crippen LogP contribution is 2.31. The summed E-state index contributed by atoms with van der Waals surface area (Å²) in [6.07, 6.45) is 0. The van der Waals surface area contributed by atoms with Gasteiger partial charge in [-0.2, -0.15) is 5.10 Å². The van der Waals surface area contributed by atoms with Gasteiger partial charge in [0.25, 0.3) is 0 Å². The van der Waals surface area contributed by atoms with Gasteiger partial charge in [-0.05, 0) is 24.3 Å². The van der Waals surface area contributed by atoms with E-state index in [1.165, 1.54) is 0 Å². The zero-order valence-electron chi connectivity index (χ0n) is 10.0. The number of H-pyrrole nitrogens is 1. The summed E-state index contributed by atoms with van der Waals surface area (Å²) in [6, 6.07) is 7.44. The van der Waals surface area contributed by atoms with E-state index in [2.05, 4.69) is 31.0 Å². The molecule has 90 valence electrons. The lowest BCUT2D eigenvalue weighted by molar-refractivity contribution is 0.567. The largest absolute Gasteiger partial charge is 0.281 e. The average Bonchev–Trinajstić information content (AvgIpc) is 2.65. The molecule has 0 radical (unpaired) electrons. The van der Waals surface area contributed by atoms with Crippen molar-refractivity contribution >= 4 is 23.2 Å². The van der Waals surface area contributed by atoms with Gasteiger partial charge in [0, 0.05) is 21.7 Å². The standard InChI is InChI=1S/C13H14Cl2N2/c1-13(2,3)12-7-11(16-17-12)9-5-4-8(14)6-10(9)15/h4-7H,1-3H3,(H,16,17). The zero-order chi connectivity index (χ0) is 12.6. The molecule has 1 aromatic carbocycles. The van der Waals surface area contributed by atoms with E-state index >= 15 is 0 Å². The van der Waals surface area contributed by atoms with Crippen molar-refractivity contribution in [1.82, 2.24) is 10.2 Å². The Labute approximate surface area is 111 Å². The number of hydrogen-bond acceptors (Lipinski definition) is 1. The summed E-state index contributed by atoms with van der Waals surface area (Å²) in [5, 5.41) is 8.58. The zero-order valence-corrected chi connectivity index (χ0v) is 11.5. The van der Waals surface area contributed by atoms with Crippen LogP contribution < -0.4 is 0 Å². The lowest BCUT2D eigenvalue weighted by Gasteiger charge is -2.14. The Balaban J connectivity index is 2.44. The van der Waals surface area contributed by atoms with Crippen LogP contribution in [0.5, 0.6) is 0 Å². The predicted molar refractivity (Wildman–Crippen MR) is 72.7 cm³/mol. The number of nitrogens with one attached hydrogen (secondary N) is 1. The Kier molecular flexibility index (Phi) is 3.19. The molecule has 0 atom stereocenters. The molecular formula is C13H14Cl2N2. The van der Waals surface area contributed by atoms with Crippen molar-refractivity contribution in [3.63, 3.8) is 0 Å². The molecule has 0 bridgehead atoms. The molecule has 1 heterocycles. The molecule has 0 aliphatic rings. The highest BCUT2D eigenvalue weighted by molar-refractivity contribution is 6.36. The van der Waals surface area contributed by atoms with Crippen LogP contribution in [0.4, 0.5) is 0 Å². The molecule has 0 fully saturated rings. The highest BCUT2D eigenvalue weighted by atomic mass is 35.5. The lowest BCUT2D eigenvalue weighted by atomic mass is 9.92. The number of aromatic amines is 1. The molecule has 0 aliphatic carbocycles. The third-order valence-corrected chi connectivity index (χ3v) is 3.14. The van der Waals surface area contributed by atoms with Gasteiger partial charge in [0.2, 0.25) is 0 Å². The van der Waals surface area contributed by atoms with Gasteiger partial charge in [0.05, 0.1) is 10.7 Å². The Hall–Kier alpha value is -0.990. The molecule has 0 spiro atoms. The topological polar surface area (TPSA) is 28.7 Å². The summed E-state index contributed by atoms with van der Waals surface area (Å²) < 4.78 is 0. The minimum atomic E-state index is 0.0458. The summed E-state index contributed by atoms with van der Waals surface area (Å²) in [5.41, 5.74) is 2.86. The molecule has 0 saturated heterocycles. The highest BCUT2D eigenvalue weighted by Gasteiger charge is 2.17. The molecule has 0 aliphatic heterocycles. The molecule has 17 heavy (non-hydrogen) atoms. The maximum Gasteiger partial charge on any atom is 0.0938 e. The van der Waals surface area contributed by atoms with Crippen molar-refractivity contribution in [1.29, 1.82) is 0 Å². The first-order valence-electron chi connectivity index (χ1n) is 5.39. The molecule has 2 rings (SSSR count). The minimum absolute atomic E-state index is 0.0458. The van der Waals surface area contributed by atoms with Gasteiger partial charge in [-0.3, -0.25) is 5.10 Å². The fourth-order valence-electron chi connectivity index (χ4n) is 1.54. The smallest absolute Gasteiger partial charge is 0.0938 e. The van der Waals surface area contributed by atoms with Crippen molar-refractivity contribution in [2.24, 2.45) is 0 Å². The van der Waals surface area contributed by atoms with Crippen LogP contribution in [0.25, 0.3) is 11.3 Å². The summed E-state index contributed by atoms with van der Waals surface area (Å²) in [6.45, 7) is 6.40. The van der Waals surface area contributed by atoms with Gasteiger partial charge in [0.1, 0.15) is 0 Å². The summed E-state index contributed by atoms with van der Waals surface area (Å²) in [5.74, 6) is 0. The third kappa shape index (κ3) is 2.64. The number of halogens is 2. The van der Waals surface area contributed by atoms with E-state index < -0.39 is 0 Å².